The molecular formula is C25H28N10O4. The second kappa shape index (κ2) is 10.8. The third-order valence-corrected chi connectivity index (χ3v) is 6.21. The van der Waals surface area contributed by atoms with E-state index in [4.69, 9.17) is 4.52 Å². The maximum Gasteiger partial charge on any atom is 0.288 e. The van der Waals surface area contributed by atoms with Gasteiger partial charge in [-0.25, -0.2) is 9.99 Å². The fourth-order valence-corrected chi connectivity index (χ4v) is 4.49. The first-order valence-corrected chi connectivity index (χ1v) is 12.4. The van der Waals surface area contributed by atoms with E-state index in [0.717, 1.165) is 18.5 Å². The van der Waals surface area contributed by atoms with Gasteiger partial charge in [0.2, 0.25) is 17.8 Å². The molecule has 3 aromatic heterocycles. The molecule has 0 aromatic carbocycles. The molecule has 4 N–H and O–H groups in total. The lowest BCUT2D eigenvalue weighted by atomic mass is 10.1. The van der Waals surface area contributed by atoms with E-state index >= 15 is 0 Å². The summed E-state index contributed by atoms with van der Waals surface area (Å²) >= 11 is 0. The number of rotatable bonds is 6. The molecule has 0 bridgehead atoms. The molecule has 2 atom stereocenters. The molecule has 202 valence electrons. The quantitative estimate of drug-likeness (QED) is 0.340. The van der Waals surface area contributed by atoms with Crippen LogP contribution in [0.2, 0.25) is 0 Å². The summed E-state index contributed by atoms with van der Waals surface area (Å²) in [6, 6.07) is 8.64. The van der Waals surface area contributed by atoms with E-state index in [0.29, 0.717) is 29.5 Å². The molecule has 2 aliphatic rings. The van der Waals surface area contributed by atoms with E-state index in [1.165, 1.54) is 24.9 Å². The van der Waals surface area contributed by atoms with Crippen LogP contribution < -0.4 is 26.5 Å². The van der Waals surface area contributed by atoms with Crippen molar-refractivity contribution in [1.82, 2.24) is 41.4 Å². The number of hydrazine groups is 2. The molecule has 3 aromatic rings. The number of nitrogens with one attached hydrogen (secondary N) is 4. The minimum atomic E-state index is -0.621. The average Bonchev–Trinajstić information content (AvgIpc) is 3.67. The number of hydrogen-bond donors (Lipinski definition) is 4. The zero-order chi connectivity index (χ0) is 27.5. The van der Waals surface area contributed by atoms with Crippen LogP contribution in [0.4, 0.5) is 11.8 Å². The topological polar surface area (TPSA) is 171 Å². The summed E-state index contributed by atoms with van der Waals surface area (Å²) in [4.78, 5) is 51.8. The van der Waals surface area contributed by atoms with Crippen molar-refractivity contribution in [1.29, 1.82) is 0 Å². The molecule has 0 aliphatic carbocycles. The molecule has 3 amide bonds. The highest BCUT2D eigenvalue weighted by Gasteiger charge is 2.33. The molecule has 5 rings (SSSR count). The summed E-state index contributed by atoms with van der Waals surface area (Å²) in [5.74, 6) is -0.0294. The number of aromatic nitrogens is 4. The Labute approximate surface area is 223 Å². The summed E-state index contributed by atoms with van der Waals surface area (Å²) in [5.41, 5.74) is 9.71. The number of anilines is 2. The largest absolute Gasteiger partial charge is 0.358 e. The molecular weight excluding hydrogens is 504 g/mol. The Balaban J connectivity index is 1.46. The monoisotopic (exact) mass is 532 g/mol. The normalized spacial score (nSPS) is 18.4. The Morgan fingerprint density at radius 1 is 1.10 bits per heavy atom. The summed E-state index contributed by atoms with van der Waals surface area (Å²) in [6.07, 6.45) is 4.58. The Morgan fingerprint density at radius 3 is 2.69 bits per heavy atom. The minimum Gasteiger partial charge on any atom is -0.358 e. The van der Waals surface area contributed by atoms with Crippen LogP contribution in [-0.4, -0.2) is 55.5 Å². The van der Waals surface area contributed by atoms with Gasteiger partial charge in [-0.05, 0) is 38.0 Å². The lowest BCUT2D eigenvalue weighted by Gasteiger charge is -2.26. The SMILES string of the molecule is CC(=O)NNC(=O)c1cc(NC2C=C(C)NN2C(C)=O)nc(N2CCCC2c2cc(-c3ccccn3)no2)n1. The van der Waals surface area contributed by atoms with E-state index < -0.39 is 18.0 Å². The Kier molecular flexibility index (Phi) is 7.08. The van der Waals surface area contributed by atoms with Crippen LogP contribution in [0.1, 0.15) is 55.9 Å². The van der Waals surface area contributed by atoms with Crippen molar-refractivity contribution in [3.8, 4) is 11.4 Å². The molecule has 5 heterocycles. The van der Waals surface area contributed by atoms with Crippen molar-refractivity contribution in [3.63, 3.8) is 0 Å². The lowest BCUT2D eigenvalue weighted by Crippen LogP contribution is -2.45. The maximum absolute atomic E-state index is 12.9. The number of amides is 3. The van der Waals surface area contributed by atoms with Crippen molar-refractivity contribution < 1.29 is 18.9 Å². The highest BCUT2D eigenvalue weighted by Crippen LogP contribution is 2.36. The second-order valence-electron chi connectivity index (χ2n) is 9.19. The number of pyridine rings is 1. The van der Waals surface area contributed by atoms with Crippen LogP contribution in [0.25, 0.3) is 11.4 Å². The lowest BCUT2D eigenvalue weighted by molar-refractivity contribution is -0.131. The Hall–Kier alpha value is -5.01. The van der Waals surface area contributed by atoms with Crippen LogP contribution in [0.5, 0.6) is 0 Å². The highest BCUT2D eigenvalue weighted by molar-refractivity contribution is 5.94. The van der Waals surface area contributed by atoms with Crippen molar-refractivity contribution >= 4 is 29.5 Å². The molecule has 2 unspecified atom stereocenters. The van der Waals surface area contributed by atoms with Crippen LogP contribution in [-0.2, 0) is 9.59 Å². The van der Waals surface area contributed by atoms with Crippen molar-refractivity contribution in [2.24, 2.45) is 0 Å². The summed E-state index contributed by atoms with van der Waals surface area (Å²) in [6.45, 7) is 5.17. The molecule has 14 heteroatoms. The first kappa shape index (κ1) is 25.6. The fourth-order valence-electron chi connectivity index (χ4n) is 4.49. The third kappa shape index (κ3) is 5.63. The second-order valence-corrected chi connectivity index (χ2v) is 9.19. The van der Waals surface area contributed by atoms with E-state index in [1.807, 2.05) is 42.2 Å². The highest BCUT2D eigenvalue weighted by atomic mass is 16.5. The predicted octanol–water partition coefficient (Wildman–Crippen LogP) is 1.66. The van der Waals surface area contributed by atoms with Crippen LogP contribution in [0.15, 0.2) is 52.8 Å². The van der Waals surface area contributed by atoms with Gasteiger partial charge in [0.25, 0.3) is 5.91 Å². The van der Waals surface area contributed by atoms with Gasteiger partial charge in [-0.2, -0.15) is 4.98 Å². The third-order valence-electron chi connectivity index (χ3n) is 6.21. The number of carbonyl (C=O) groups is 3. The van der Waals surface area contributed by atoms with E-state index in [1.54, 1.807) is 6.20 Å². The van der Waals surface area contributed by atoms with Gasteiger partial charge >= 0.3 is 0 Å². The molecule has 2 aliphatic heterocycles. The number of nitrogens with zero attached hydrogens (tertiary/aromatic N) is 6. The first-order valence-electron chi connectivity index (χ1n) is 12.4. The van der Waals surface area contributed by atoms with Crippen LogP contribution in [0.3, 0.4) is 0 Å². The van der Waals surface area contributed by atoms with Gasteiger partial charge in [-0.1, -0.05) is 11.2 Å². The van der Waals surface area contributed by atoms with Crippen LogP contribution >= 0.6 is 0 Å². The van der Waals surface area contributed by atoms with E-state index in [-0.39, 0.29) is 23.6 Å². The number of allylic oxidation sites excluding steroid dienone is 1. The molecule has 0 radical (unpaired) electrons. The Morgan fingerprint density at radius 2 is 1.95 bits per heavy atom. The van der Waals surface area contributed by atoms with Crippen molar-refractivity contribution in [2.45, 2.75) is 45.8 Å². The number of carbonyl (C=O) groups excluding carboxylic acids is 3. The zero-order valence-corrected chi connectivity index (χ0v) is 21.6. The van der Waals surface area contributed by atoms with Crippen molar-refractivity contribution in [2.75, 3.05) is 16.8 Å². The van der Waals surface area contributed by atoms with Gasteiger partial charge in [-0.3, -0.25) is 35.6 Å². The van der Waals surface area contributed by atoms with Gasteiger partial charge in [0, 0.05) is 44.4 Å². The zero-order valence-electron chi connectivity index (χ0n) is 21.6. The van der Waals surface area contributed by atoms with Gasteiger partial charge in [0.15, 0.2) is 5.76 Å². The van der Waals surface area contributed by atoms with Gasteiger partial charge < -0.3 is 14.7 Å². The molecule has 14 nitrogen and oxygen atoms in total. The van der Waals surface area contributed by atoms with E-state index in [9.17, 15) is 14.4 Å². The molecule has 39 heavy (non-hydrogen) atoms. The van der Waals surface area contributed by atoms with Gasteiger partial charge in [0.05, 0.1) is 11.7 Å². The Bertz CT molecular complexity index is 1420. The van der Waals surface area contributed by atoms with Crippen LogP contribution in [0, 0.1) is 0 Å². The molecule has 1 saturated heterocycles. The van der Waals surface area contributed by atoms with E-state index in [2.05, 4.69) is 41.7 Å². The maximum atomic E-state index is 12.9. The molecule has 1 fully saturated rings. The standard InChI is InChI=1S/C25H28N10O4/c1-14-11-23(35(32-14)16(3)37)28-22-13-19(24(38)31-30-15(2)36)27-25(29-22)34-10-6-8-20(34)21-12-18(33-39-21)17-7-4-5-9-26-17/h4-5,7,9,11-13,20,23,32H,6,8,10H2,1-3H3,(H,30,36)(H,31,38)(H,27,28,29). The summed E-state index contributed by atoms with van der Waals surface area (Å²) in [7, 11) is 0. The first-order chi connectivity index (χ1) is 18.8. The van der Waals surface area contributed by atoms with Gasteiger partial charge in [-0.15, -0.1) is 0 Å². The molecule has 0 spiro atoms. The predicted molar refractivity (Wildman–Crippen MR) is 139 cm³/mol. The minimum absolute atomic E-state index is 0.0228. The number of hydrogen-bond acceptors (Lipinski definition) is 11. The average molecular weight is 533 g/mol. The summed E-state index contributed by atoms with van der Waals surface area (Å²) in [5, 5.41) is 8.79. The smallest absolute Gasteiger partial charge is 0.288 e. The molecule has 0 saturated carbocycles. The summed E-state index contributed by atoms with van der Waals surface area (Å²) < 4.78 is 5.70. The van der Waals surface area contributed by atoms with Gasteiger partial charge in [0.1, 0.15) is 23.4 Å². The van der Waals surface area contributed by atoms with Crippen molar-refractivity contribution in [3.05, 3.63) is 59.8 Å². The fraction of sp³-hybridized carbons (Fsp3) is 0.320.